The second-order valence-corrected chi connectivity index (χ2v) is 7.62. The number of nitrogens with zero attached hydrogens (tertiary/aromatic N) is 5. The highest BCUT2D eigenvalue weighted by Gasteiger charge is 2.32. The zero-order valence-electron chi connectivity index (χ0n) is 13.8. The Morgan fingerprint density at radius 3 is 2.96 bits per heavy atom. The lowest BCUT2D eigenvalue weighted by molar-refractivity contribution is 0.0999. The van der Waals surface area contributed by atoms with Crippen LogP contribution in [0.15, 0.2) is 30.6 Å². The van der Waals surface area contributed by atoms with Crippen LogP contribution in [-0.4, -0.2) is 25.7 Å². The van der Waals surface area contributed by atoms with E-state index >= 15 is 0 Å². The maximum absolute atomic E-state index is 12.8. The molecule has 126 valence electrons. The minimum Gasteiger partial charge on any atom is -0.309 e. The number of anilines is 1. The van der Waals surface area contributed by atoms with E-state index in [2.05, 4.69) is 27.8 Å². The van der Waals surface area contributed by atoms with E-state index in [1.54, 1.807) is 22.6 Å². The monoisotopic (exact) mass is 351 g/mol. The fourth-order valence-electron chi connectivity index (χ4n) is 3.25. The second-order valence-electron chi connectivity index (χ2n) is 6.49. The molecule has 1 amide bonds. The van der Waals surface area contributed by atoms with Gasteiger partial charge in [0.1, 0.15) is 17.8 Å². The molecule has 2 aliphatic rings. The summed E-state index contributed by atoms with van der Waals surface area (Å²) in [6.07, 6.45) is 5.06. The minimum absolute atomic E-state index is 0.0491. The van der Waals surface area contributed by atoms with Gasteiger partial charge in [-0.05, 0) is 43.0 Å². The number of hydrogen-bond acceptors (Lipinski definition) is 5. The van der Waals surface area contributed by atoms with Gasteiger partial charge < -0.3 is 4.57 Å². The third-order valence-electron chi connectivity index (χ3n) is 4.73. The first-order valence-electron chi connectivity index (χ1n) is 8.55. The summed E-state index contributed by atoms with van der Waals surface area (Å²) in [6.45, 7) is 2.71. The predicted molar refractivity (Wildman–Crippen MR) is 95.7 cm³/mol. The number of aryl methyl sites for hydroxylation is 1. The third-order valence-corrected chi connectivity index (χ3v) is 6.04. The molecule has 1 aliphatic heterocycles. The highest BCUT2D eigenvalue weighted by molar-refractivity contribution is 7.14. The zero-order valence-corrected chi connectivity index (χ0v) is 14.7. The predicted octanol–water partition coefficient (Wildman–Crippen LogP) is 3.46. The molecule has 5 rings (SSSR count). The van der Waals surface area contributed by atoms with Crippen molar-refractivity contribution in [2.75, 3.05) is 4.90 Å². The van der Waals surface area contributed by atoms with Gasteiger partial charge in [0.25, 0.3) is 5.91 Å². The van der Waals surface area contributed by atoms with Crippen LogP contribution < -0.4 is 4.90 Å². The number of hydrogen-bond donors (Lipinski definition) is 0. The van der Waals surface area contributed by atoms with E-state index in [1.165, 1.54) is 4.88 Å². The van der Waals surface area contributed by atoms with E-state index in [4.69, 9.17) is 4.98 Å². The lowest BCUT2D eigenvalue weighted by Crippen LogP contribution is -2.24. The lowest BCUT2D eigenvalue weighted by atomic mass is 10.2. The van der Waals surface area contributed by atoms with Crippen molar-refractivity contribution in [2.24, 2.45) is 0 Å². The van der Waals surface area contributed by atoms with Crippen molar-refractivity contribution >= 4 is 23.1 Å². The molecule has 0 saturated heterocycles. The Labute approximate surface area is 149 Å². The summed E-state index contributed by atoms with van der Waals surface area (Å²) in [5, 5.41) is 8.27. The number of thiophene rings is 1. The van der Waals surface area contributed by atoms with Gasteiger partial charge in [-0.1, -0.05) is 13.0 Å². The van der Waals surface area contributed by atoms with Crippen LogP contribution in [0.1, 0.15) is 45.9 Å². The molecule has 25 heavy (non-hydrogen) atoms. The van der Waals surface area contributed by atoms with Crippen LogP contribution in [0, 0.1) is 0 Å². The molecular weight excluding hydrogens is 334 g/mol. The number of fused-ring (bicyclic) bond motifs is 1. The summed E-state index contributed by atoms with van der Waals surface area (Å²) in [7, 11) is 0. The van der Waals surface area contributed by atoms with Crippen LogP contribution in [0.2, 0.25) is 0 Å². The van der Waals surface area contributed by atoms with Gasteiger partial charge in [-0.15, -0.1) is 21.5 Å². The topological polar surface area (TPSA) is 63.9 Å². The van der Waals surface area contributed by atoms with Gasteiger partial charge >= 0.3 is 0 Å². The summed E-state index contributed by atoms with van der Waals surface area (Å²) in [6, 6.07) is 8.38. The van der Waals surface area contributed by atoms with Crippen LogP contribution in [0.5, 0.6) is 0 Å². The molecule has 0 bridgehead atoms. The summed E-state index contributed by atoms with van der Waals surface area (Å²) in [5.41, 5.74) is 1.87. The molecule has 3 aromatic rings. The zero-order chi connectivity index (χ0) is 17.0. The summed E-state index contributed by atoms with van der Waals surface area (Å²) in [5.74, 6) is 1.50. The normalized spacial score (nSPS) is 16.5. The number of carbonyl (C=O) groups is 1. The molecule has 6 nitrogen and oxygen atoms in total. The number of carbonyl (C=O) groups excluding carboxylic acids is 1. The second kappa shape index (κ2) is 5.49. The molecule has 0 aromatic carbocycles. The van der Waals surface area contributed by atoms with Crippen molar-refractivity contribution in [3.63, 3.8) is 0 Å². The number of aromatic nitrogens is 4. The SMILES string of the molecule is CCc1cc2c(s1)C(=O)N(c1cccc(-c3nncn3C3CC3)n1)C2. The molecule has 0 N–H and O–H groups in total. The van der Waals surface area contributed by atoms with Crippen molar-refractivity contribution in [3.05, 3.63) is 45.9 Å². The Bertz CT molecular complexity index is 972. The maximum Gasteiger partial charge on any atom is 0.270 e. The first-order valence-corrected chi connectivity index (χ1v) is 9.36. The first-order chi connectivity index (χ1) is 12.2. The Hall–Kier alpha value is -2.54. The minimum atomic E-state index is 0.0491. The van der Waals surface area contributed by atoms with Crippen molar-refractivity contribution in [1.82, 2.24) is 19.7 Å². The molecule has 0 radical (unpaired) electrons. The van der Waals surface area contributed by atoms with Crippen molar-refractivity contribution in [3.8, 4) is 11.5 Å². The van der Waals surface area contributed by atoms with Gasteiger partial charge in [0.15, 0.2) is 5.82 Å². The molecule has 0 atom stereocenters. The van der Waals surface area contributed by atoms with Crippen molar-refractivity contribution in [1.29, 1.82) is 0 Å². The van der Waals surface area contributed by atoms with Gasteiger partial charge in [-0.2, -0.15) is 0 Å². The summed E-state index contributed by atoms with van der Waals surface area (Å²) >= 11 is 1.60. The lowest BCUT2D eigenvalue weighted by Gasteiger charge is -2.15. The molecular formula is C18H17N5OS. The maximum atomic E-state index is 12.8. The molecule has 1 saturated carbocycles. The van der Waals surface area contributed by atoms with Crippen LogP contribution in [0.3, 0.4) is 0 Å². The fourth-order valence-corrected chi connectivity index (χ4v) is 4.31. The van der Waals surface area contributed by atoms with Gasteiger partial charge in [0.2, 0.25) is 0 Å². The molecule has 7 heteroatoms. The van der Waals surface area contributed by atoms with E-state index in [-0.39, 0.29) is 5.91 Å². The third kappa shape index (κ3) is 2.38. The van der Waals surface area contributed by atoms with E-state index in [0.717, 1.165) is 41.2 Å². The molecule has 1 fully saturated rings. The number of amides is 1. The summed E-state index contributed by atoms with van der Waals surface area (Å²) in [4.78, 5) is 21.3. The van der Waals surface area contributed by atoms with E-state index in [9.17, 15) is 4.79 Å². The van der Waals surface area contributed by atoms with E-state index in [0.29, 0.717) is 18.4 Å². The Balaban J connectivity index is 1.48. The Kier molecular flexibility index (Phi) is 3.24. The van der Waals surface area contributed by atoms with Crippen LogP contribution in [-0.2, 0) is 13.0 Å². The summed E-state index contributed by atoms with van der Waals surface area (Å²) < 4.78 is 2.09. The molecule has 3 aromatic heterocycles. The van der Waals surface area contributed by atoms with E-state index in [1.807, 2.05) is 18.2 Å². The highest BCUT2D eigenvalue weighted by atomic mass is 32.1. The first kappa shape index (κ1) is 14.8. The molecule has 1 aliphatic carbocycles. The van der Waals surface area contributed by atoms with Gasteiger partial charge in [0.05, 0.1) is 11.4 Å². The van der Waals surface area contributed by atoms with Gasteiger partial charge in [-0.25, -0.2) is 4.98 Å². The average molecular weight is 351 g/mol. The van der Waals surface area contributed by atoms with Crippen LogP contribution >= 0.6 is 11.3 Å². The van der Waals surface area contributed by atoms with E-state index < -0.39 is 0 Å². The molecule has 0 spiro atoms. The standard InChI is InChI=1S/C18H17N5OS/c1-2-13-8-11-9-22(18(24)16(11)25-13)15-5-3-4-14(20-15)17-21-19-10-23(17)12-6-7-12/h3-5,8,10,12H,2,6-7,9H2,1H3. The van der Waals surface area contributed by atoms with Crippen LogP contribution in [0.4, 0.5) is 5.82 Å². The van der Waals surface area contributed by atoms with Crippen LogP contribution in [0.25, 0.3) is 11.5 Å². The Morgan fingerprint density at radius 1 is 1.32 bits per heavy atom. The van der Waals surface area contributed by atoms with Gasteiger partial charge in [0, 0.05) is 10.9 Å². The molecule has 0 unspecified atom stereocenters. The largest absolute Gasteiger partial charge is 0.309 e. The van der Waals surface area contributed by atoms with Gasteiger partial charge in [-0.3, -0.25) is 9.69 Å². The van der Waals surface area contributed by atoms with Crippen molar-refractivity contribution < 1.29 is 4.79 Å². The Morgan fingerprint density at radius 2 is 2.20 bits per heavy atom. The van der Waals surface area contributed by atoms with Crippen molar-refractivity contribution in [2.45, 2.75) is 38.8 Å². The smallest absolute Gasteiger partial charge is 0.270 e. The quantitative estimate of drug-likeness (QED) is 0.722. The fraction of sp³-hybridized carbons (Fsp3) is 0.333. The highest BCUT2D eigenvalue weighted by Crippen LogP contribution is 2.38. The average Bonchev–Trinajstić information content (AvgIpc) is 3.10. The number of rotatable bonds is 4. The number of pyridine rings is 1. The molecule has 4 heterocycles.